The lowest BCUT2D eigenvalue weighted by atomic mass is 9.84. The zero-order chi connectivity index (χ0) is 16.0. The van der Waals surface area contributed by atoms with Crippen LogP contribution in [0.5, 0.6) is 0 Å². The second-order valence-corrected chi connectivity index (χ2v) is 7.38. The van der Waals surface area contributed by atoms with Gasteiger partial charge < -0.3 is 10.6 Å². The Kier molecular flexibility index (Phi) is 8.38. The van der Waals surface area contributed by atoms with Crippen molar-refractivity contribution in [3.05, 3.63) is 34.9 Å². The van der Waals surface area contributed by atoms with Gasteiger partial charge in [-0.05, 0) is 62.4 Å². The Morgan fingerprint density at radius 2 is 2.22 bits per heavy atom. The molecule has 1 aliphatic heterocycles. The van der Waals surface area contributed by atoms with Crippen LogP contribution in [0.2, 0.25) is 5.02 Å². The van der Waals surface area contributed by atoms with Crippen molar-refractivity contribution in [1.29, 1.82) is 0 Å². The van der Waals surface area contributed by atoms with Crippen LogP contribution >= 0.6 is 24.0 Å². The molecule has 23 heavy (non-hydrogen) atoms. The fraction of sp³-hybridized carbons (Fsp3) is 0.611. The summed E-state index contributed by atoms with van der Waals surface area (Å²) in [4.78, 5) is 12.4. The van der Waals surface area contributed by atoms with E-state index in [1.807, 2.05) is 38.1 Å². The molecule has 0 aromatic heterocycles. The summed E-state index contributed by atoms with van der Waals surface area (Å²) in [6, 6.07) is 7.75. The maximum absolute atomic E-state index is 12.4. The van der Waals surface area contributed by atoms with E-state index in [1.54, 1.807) is 0 Å². The topological polar surface area (TPSA) is 41.1 Å². The summed E-state index contributed by atoms with van der Waals surface area (Å²) in [6.07, 6.45) is 4.28. The Morgan fingerprint density at radius 3 is 2.87 bits per heavy atom. The zero-order valence-electron chi connectivity index (χ0n) is 14.0. The van der Waals surface area contributed by atoms with Gasteiger partial charge in [-0.1, -0.05) is 37.6 Å². The Bertz CT molecular complexity index is 500. The minimum Gasteiger partial charge on any atom is -0.356 e. The molecule has 2 rings (SSSR count). The number of nitrogens with one attached hydrogen (secondary N) is 2. The highest BCUT2D eigenvalue weighted by Gasteiger charge is 2.27. The highest BCUT2D eigenvalue weighted by atomic mass is 35.5. The molecule has 1 saturated heterocycles. The molecule has 1 aliphatic rings. The van der Waals surface area contributed by atoms with E-state index in [1.165, 1.54) is 12.8 Å². The highest BCUT2D eigenvalue weighted by Crippen LogP contribution is 2.24. The van der Waals surface area contributed by atoms with Crippen molar-refractivity contribution in [1.82, 2.24) is 10.6 Å². The first-order chi connectivity index (χ1) is 10.5. The molecule has 1 aromatic carbocycles. The monoisotopic (exact) mass is 358 g/mol. The largest absolute Gasteiger partial charge is 0.356 e. The first-order valence-electron chi connectivity index (χ1n) is 8.21. The first-order valence-corrected chi connectivity index (χ1v) is 8.58. The van der Waals surface area contributed by atoms with E-state index >= 15 is 0 Å². The third-order valence-electron chi connectivity index (χ3n) is 4.39. The van der Waals surface area contributed by atoms with E-state index in [2.05, 4.69) is 10.6 Å². The normalized spacial score (nSPS) is 18.1. The molecule has 0 radical (unpaired) electrons. The van der Waals surface area contributed by atoms with Gasteiger partial charge in [-0.2, -0.15) is 0 Å². The van der Waals surface area contributed by atoms with E-state index in [4.69, 9.17) is 11.6 Å². The number of piperidine rings is 1. The second-order valence-electron chi connectivity index (χ2n) is 6.95. The summed E-state index contributed by atoms with van der Waals surface area (Å²) >= 11 is 6.02. The van der Waals surface area contributed by atoms with Gasteiger partial charge in [-0.15, -0.1) is 12.4 Å². The van der Waals surface area contributed by atoms with Crippen molar-refractivity contribution in [3.63, 3.8) is 0 Å². The molecule has 1 heterocycles. The van der Waals surface area contributed by atoms with Crippen LogP contribution in [0.4, 0.5) is 0 Å². The van der Waals surface area contributed by atoms with Gasteiger partial charge in [0.25, 0.3) is 0 Å². The summed E-state index contributed by atoms with van der Waals surface area (Å²) in [7, 11) is 0. The quantitative estimate of drug-likeness (QED) is 0.810. The van der Waals surface area contributed by atoms with E-state index in [-0.39, 0.29) is 18.3 Å². The van der Waals surface area contributed by atoms with Gasteiger partial charge in [0, 0.05) is 17.0 Å². The molecule has 3 nitrogen and oxygen atoms in total. The average molecular weight is 359 g/mol. The van der Waals surface area contributed by atoms with Gasteiger partial charge in [0.1, 0.15) is 0 Å². The van der Waals surface area contributed by atoms with Crippen LogP contribution in [0, 0.1) is 11.3 Å². The van der Waals surface area contributed by atoms with Crippen molar-refractivity contribution >= 4 is 29.9 Å². The smallest absolute Gasteiger partial charge is 0.225 e. The molecule has 1 unspecified atom stereocenters. The molecule has 0 spiro atoms. The molecule has 5 heteroatoms. The molecule has 1 atom stereocenters. The molecule has 0 saturated carbocycles. The molecule has 0 bridgehead atoms. The van der Waals surface area contributed by atoms with Crippen LogP contribution in [-0.2, 0) is 11.2 Å². The molecule has 2 N–H and O–H groups in total. The lowest BCUT2D eigenvalue weighted by molar-refractivity contribution is -0.129. The molecule has 1 aromatic rings. The van der Waals surface area contributed by atoms with E-state index in [9.17, 15) is 4.79 Å². The van der Waals surface area contributed by atoms with Gasteiger partial charge in [-0.3, -0.25) is 4.79 Å². The molecule has 130 valence electrons. The van der Waals surface area contributed by atoms with Crippen LogP contribution in [0.1, 0.15) is 38.7 Å². The molecule has 1 amide bonds. The number of amides is 1. The van der Waals surface area contributed by atoms with Crippen molar-refractivity contribution < 1.29 is 4.79 Å². The number of hydrogen-bond donors (Lipinski definition) is 2. The van der Waals surface area contributed by atoms with Gasteiger partial charge in [0.05, 0.1) is 0 Å². The van der Waals surface area contributed by atoms with Gasteiger partial charge in [0.15, 0.2) is 0 Å². The van der Waals surface area contributed by atoms with Crippen molar-refractivity contribution in [2.45, 2.75) is 39.5 Å². The third-order valence-corrected chi connectivity index (χ3v) is 4.62. The predicted molar refractivity (Wildman–Crippen MR) is 99.4 cm³/mol. The number of halogens is 2. The van der Waals surface area contributed by atoms with Crippen LogP contribution in [-0.4, -0.2) is 25.5 Å². The summed E-state index contributed by atoms with van der Waals surface area (Å²) in [6.45, 7) is 6.97. The standard InChI is InChI=1S/C18H27ClN2O.ClH/c1-18(2,12-15-5-3-7-16(19)11-15)17(22)21-10-8-14-6-4-9-20-13-14;/h3,5,7,11,14,20H,4,6,8-10,12-13H2,1-2H3,(H,21,22);1H. The van der Waals surface area contributed by atoms with Crippen LogP contribution in [0.25, 0.3) is 0 Å². The van der Waals surface area contributed by atoms with Gasteiger partial charge >= 0.3 is 0 Å². The maximum Gasteiger partial charge on any atom is 0.225 e. The minimum atomic E-state index is -0.421. The molecular weight excluding hydrogens is 331 g/mol. The van der Waals surface area contributed by atoms with Crippen molar-refractivity contribution in [2.24, 2.45) is 11.3 Å². The maximum atomic E-state index is 12.4. The number of rotatable bonds is 6. The lowest BCUT2D eigenvalue weighted by Crippen LogP contribution is -2.40. The van der Waals surface area contributed by atoms with E-state index in [0.717, 1.165) is 36.6 Å². The Balaban J connectivity index is 0.00000264. The fourth-order valence-corrected chi connectivity index (χ4v) is 3.25. The third kappa shape index (κ3) is 6.70. The molecule has 1 fully saturated rings. The SMILES string of the molecule is CC(C)(Cc1cccc(Cl)c1)C(=O)NCCC1CCCNC1.Cl. The summed E-state index contributed by atoms with van der Waals surface area (Å²) in [5, 5.41) is 7.24. The predicted octanol–water partition coefficient (Wildman–Crippen LogP) is 3.84. The number of hydrogen-bond acceptors (Lipinski definition) is 2. The Labute approximate surface area is 151 Å². The van der Waals surface area contributed by atoms with Crippen molar-refractivity contribution in [3.8, 4) is 0 Å². The van der Waals surface area contributed by atoms with Crippen LogP contribution < -0.4 is 10.6 Å². The Morgan fingerprint density at radius 1 is 1.43 bits per heavy atom. The number of carbonyl (C=O) groups excluding carboxylic acids is 1. The lowest BCUT2D eigenvalue weighted by Gasteiger charge is -2.26. The first kappa shape index (κ1) is 20.3. The second kappa shape index (κ2) is 9.51. The summed E-state index contributed by atoms with van der Waals surface area (Å²) < 4.78 is 0. The average Bonchev–Trinajstić information content (AvgIpc) is 2.47. The van der Waals surface area contributed by atoms with Crippen LogP contribution in [0.15, 0.2) is 24.3 Å². The number of carbonyl (C=O) groups is 1. The van der Waals surface area contributed by atoms with Crippen molar-refractivity contribution in [2.75, 3.05) is 19.6 Å². The minimum absolute atomic E-state index is 0. The zero-order valence-corrected chi connectivity index (χ0v) is 15.6. The fourth-order valence-electron chi connectivity index (χ4n) is 3.04. The Hall–Kier alpha value is -0.770. The van der Waals surface area contributed by atoms with E-state index < -0.39 is 5.41 Å². The van der Waals surface area contributed by atoms with Crippen LogP contribution in [0.3, 0.4) is 0 Å². The molecular formula is C18H28Cl2N2O. The highest BCUT2D eigenvalue weighted by molar-refractivity contribution is 6.30. The van der Waals surface area contributed by atoms with E-state index in [0.29, 0.717) is 12.3 Å². The number of benzene rings is 1. The summed E-state index contributed by atoms with van der Waals surface area (Å²) in [5.74, 6) is 0.821. The van der Waals surface area contributed by atoms with Gasteiger partial charge in [-0.25, -0.2) is 0 Å². The summed E-state index contributed by atoms with van der Waals surface area (Å²) in [5.41, 5.74) is 0.680. The molecule has 0 aliphatic carbocycles. The van der Waals surface area contributed by atoms with Gasteiger partial charge in [0.2, 0.25) is 5.91 Å².